The Morgan fingerprint density at radius 2 is 1.93 bits per heavy atom. The summed E-state index contributed by atoms with van der Waals surface area (Å²) in [7, 11) is 1.84. The number of likely N-dealkylation sites (tertiary alicyclic amines) is 1. The van der Waals surface area contributed by atoms with Gasteiger partial charge < -0.3 is 19.9 Å². The van der Waals surface area contributed by atoms with Gasteiger partial charge in [-0.2, -0.15) is 0 Å². The minimum absolute atomic E-state index is 0.0683. The van der Waals surface area contributed by atoms with Gasteiger partial charge in [0.2, 0.25) is 0 Å². The van der Waals surface area contributed by atoms with Gasteiger partial charge in [-0.25, -0.2) is 4.39 Å². The first-order chi connectivity index (χ1) is 13.6. The van der Waals surface area contributed by atoms with Gasteiger partial charge >= 0.3 is 0 Å². The molecule has 2 unspecified atom stereocenters. The molecule has 0 aromatic heterocycles. The summed E-state index contributed by atoms with van der Waals surface area (Å²) in [5, 5.41) is 3.56. The number of piperidine rings is 1. The van der Waals surface area contributed by atoms with Crippen LogP contribution in [0.1, 0.15) is 44.8 Å². The van der Waals surface area contributed by atoms with Crippen LogP contribution in [0.2, 0.25) is 0 Å². The fraction of sp³-hybridized carbons (Fsp3) is 0.682. The molecule has 6 heteroatoms. The number of halogens is 1. The van der Waals surface area contributed by atoms with Crippen LogP contribution < -0.4 is 5.32 Å². The summed E-state index contributed by atoms with van der Waals surface area (Å²) in [6.45, 7) is 10.5. The van der Waals surface area contributed by atoms with Crippen LogP contribution in [0.3, 0.4) is 0 Å². The fourth-order valence-electron chi connectivity index (χ4n) is 4.30. The van der Waals surface area contributed by atoms with Crippen molar-refractivity contribution in [2.24, 2.45) is 10.9 Å². The molecule has 2 atom stereocenters. The Morgan fingerprint density at radius 3 is 2.57 bits per heavy atom. The zero-order valence-electron chi connectivity index (χ0n) is 17.5. The summed E-state index contributed by atoms with van der Waals surface area (Å²) in [4.78, 5) is 9.31. The van der Waals surface area contributed by atoms with Gasteiger partial charge in [-0.3, -0.25) is 4.99 Å². The summed E-state index contributed by atoms with van der Waals surface area (Å²) in [6, 6.07) is 6.63. The van der Waals surface area contributed by atoms with Crippen molar-refractivity contribution in [1.82, 2.24) is 15.1 Å². The topological polar surface area (TPSA) is 40.1 Å². The number of hydrogen-bond acceptors (Lipinski definition) is 3. The smallest absolute Gasteiger partial charge is 0.193 e. The van der Waals surface area contributed by atoms with E-state index in [-0.39, 0.29) is 18.0 Å². The molecule has 0 aliphatic carbocycles. The molecule has 2 aliphatic rings. The second-order valence-electron chi connectivity index (χ2n) is 8.03. The Kier molecular flexibility index (Phi) is 7.68. The van der Waals surface area contributed by atoms with Gasteiger partial charge in [0, 0.05) is 20.1 Å². The van der Waals surface area contributed by atoms with Gasteiger partial charge in [0.1, 0.15) is 11.9 Å². The highest BCUT2D eigenvalue weighted by Gasteiger charge is 2.28. The van der Waals surface area contributed by atoms with Crippen LogP contribution in [0, 0.1) is 11.7 Å². The largest absolute Gasteiger partial charge is 0.367 e. The molecule has 5 nitrogen and oxygen atoms in total. The van der Waals surface area contributed by atoms with Crippen LogP contribution in [0.5, 0.6) is 0 Å². The van der Waals surface area contributed by atoms with E-state index >= 15 is 0 Å². The average Bonchev–Trinajstić information content (AvgIpc) is 2.71. The van der Waals surface area contributed by atoms with Crippen molar-refractivity contribution in [2.75, 3.05) is 46.3 Å². The molecule has 0 radical (unpaired) electrons. The van der Waals surface area contributed by atoms with E-state index in [1.165, 1.54) is 51.0 Å². The lowest BCUT2D eigenvalue weighted by atomic mass is 9.93. The lowest BCUT2D eigenvalue weighted by Gasteiger charge is -2.39. The molecule has 2 aliphatic heterocycles. The Labute approximate surface area is 169 Å². The molecular formula is C22H35FN4O. The zero-order valence-corrected chi connectivity index (χ0v) is 17.5. The summed E-state index contributed by atoms with van der Waals surface area (Å²) in [6.07, 6.45) is 3.82. The molecule has 1 N–H and O–H groups in total. The van der Waals surface area contributed by atoms with Crippen molar-refractivity contribution in [3.63, 3.8) is 0 Å². The van der Waals surface area contributed by atoms with E-state index in [0.29, 0.717) is 0 Å². The quantitative estimate of drug-likeness (QED) is 0.619. The highest BCUT2D eigenvalue weighted by Crippen LogP contribution is 2.25. The number of hydrogen-bond donors (Lipinski definition) is 1. The normalized spacial score (nSPS) is 25.1. The van der Waals surface area contributed by atoms with Gasteiger partial charge in [0.25, 0.3) is 0 Å². The third-order valence-corrected chi connectivity index (χ3v) is 6.00. The summed E-state index contributed by atoms with van der Waals surface area (Å²) < 4.78 is 19.3. The van der Waals surface area contributed by atoms with Crippen LogP contribution in [0.15, 0.2) is 29.3 Å². The van der Waals surface area contributed by atoms with E-state index < -0.39 is 0 Å². The Balaban J connectivity index is 1.51. The molecule has 28 heavy (non-hydrogen) atoms. The minimum Gasteiger partial charge on any atom is -0.367 e. The Morgan fingerprint density at radius 1 is 1.21 bits per heavy atom. The third kappa shape index (κ3) is 5.67. The number of guanidine groups is 1. The molecule has 2 saturated heterocycles. The first-order valence-corrected chi connectivity index (χ1v) is 10.7. The molecule has 1 aromatic rings. The third-order valence-electron chi connectivity index (χ3n) is 6.00. The van der Waals surface area contributed by atoms with E-state index in [1.807, 2.05) is 19.2 Å². The van der Waals surface area contributed by atoms with Crippen LogP contribution in [0.4, 0.5) is 4.39 Å². The maximum atomic E-state index is 13.2. The molecule has 0 spiro atoms. The van der Waals surface area contributed by atoms with E-state index in [1.54, 1.807) is 0 Å². The number of aliphatic imine (C=N–C) groups is 1. The maximum Gasteiger partial charge on any atom is 0.193 e. The van der Waals surface area contributed by atoms with Gasteiger partial charge in [0.05, 0.1) is 12.6 Å². The predicted octanol–water partition coefficient (Wildman–Crippen LogP) is 3.28. The monoisotopic (exact) mass is 390 g/mol. The van der Waals surface area contributed by atoms with Gasteiger partial charge in [-0.1, -0.05) is 19.1 Å². The van der Waals surface area contributed by atoms with Crippen molar-refractivity contribution in [3.05, 3.63) is 35.6 Å². The molecule has 2 heterocycles. The summed E-state index contributed by atoms with van der Waals surface area (Å²) in [5.74, 6) is 1.53. The molecule has 0 amide bonds. The van der Waals surface area contributed by atoms with E-state index in [9.17, 15) is 4.39 Å². The first-order valence-electron chi connectivity index (χ1n) is 10.7. The van der Waals surface area contributed by atoms with E-state index in [4.69, 9.17) is 4.74 Å². The number of nitrogens with zero attached hydrogens (tertiary/aromatic N) is 3. The van der Waals surface area contributed by atoms with Crippen LogP contribution >= 0.6 is 0 Å². The zero-order chi connectivity index (χ0) is 19.9. The number of morpholine rings is 1. The molecule has 0 saturated carbocycles. The summed E-state index contributed by atoms with van der Waals surface area (Å²) in [5.41, 5.74) is 1.01. The minimum atomic E-state index is -0.216. The Hall–Kier alpha value is -1.66. The van der Waals surface area contributed by atoms with Gasteiger partial charge in [0.15, 0.2) is 5.96 Å². The van der Waals surface area contributed by atoms with E-state index in [2.05, 4.69) is 34.0 Å². The summed E-state index contributed by atoms with van der Waals surface area (Å²) >= 11 is 0. The number of ether oxygens (including phenoxy) is 1. The maximum absolute atomic E-state index is 13.2. The SMILES string of the molecule is CCN1CCC(CCNC(=NC)N2CC(C)OC(c3ccc(F)cc3)C2)CC1. The number of rotatable bonds is 5. The van der Waals surface area contributed by atoms with E-state index in [0.717, 1.165) is 37.1 Å². The molecule has 1 aromatic carbocycles. The van der Waals surface area contributed by atoms with Crippen LogP contribution in [-0.4, -0.2) is 68.2 Å². The van der Waals surface area contributed by atoms with Gasteiger partial charge in [-0.15, -0.1) is 0 Å². The Bertz CT molecular complexity index is 628. The number of benzene rings is 1. The van der Waals surface area contributed by atoms with Crippen LogP contribution in [-0.2, 0) is 4.74 Å². The lowest BCUT2D eigenvalue weighted by Crippen LogP contribution is -2.51. The second-order valence-corrected chi connectivity index (χ2v) is 8.03. The van der Waals surface area contributed by atoms with Crippen molar-refractivity contribution < 1.29 is 9.13 Å². The standard InChI is InChI=1S/C22H35FN4O/c1-4-26-13-10-18(11-14-26)9-12-25-22(24-3)27-15-17(2)28-21(16-27)19-5-7-20(23)8-6-19/h5-8,17-18,21H,4,9-16H2,1-3H3,(H,24,25). The van der Waals surface area contributed by atoms with Crippen LogP contribution in [0.25, 0.3) is 0 Å². The highest BCUT2D eigenvalue weighted by molar-refractivity contribution is 5.80. The molecular weight excluding hydrogens is 355 g/mol. The highest BCUT2D eigenvalue weighted by atomic mass is 19.1. The van der Waals surface area contributed by atoms with Crippen molar-refractivity contribution in [3.8, 4) is 0 Å². The van der Waals surface area contributed by atoms with Crippen molar-refractivity contribution in [2.45, 2.75) is 45.3 Å². The van der Waals surface area contributed by atoms with Crippen molar-refractivity contribution in [1.29, 1.82) is 0 Å². The first kappa shape index (κ1) is 21.1. The predicted molar refractivity (Wildman–Crippen MR) is 112 cm³/mol. The molecule has 156 valence electrons. The molecule has 3 rings (SSSR count). The average molecular weight is 391 g/mol. The fourth-order valence-corrected chi connectivity index (χ4v) is 4.30. The second kappa shape index (κ2) is 10.2. The molecule has 0 bridgehead atoms. The lowest BCUT2D eigenvalue weighted by molar-refractivity contribution is -0.0605. The van der Waals surface area contributed by atoms with Gasteiger partial charge in [-0.05, 0) is 69.4 Å². The molecule has 2 fully saturated rings. The number of nitrogens with one attached hydrogen (secondary N) is 1. The van der Waals surface area contributed by atoms with Crippen molar-refractivity contribution >= 4 is 5.96 Å².